The number of para-hydroxylation sites is 2. The van der Waals surface area contributed by atoms with Crippen molar-refractivity contribution in [1.82, 2.24) is 0 Å². The standard InChI is InChI=1S/C37H56N2O6/c1-7-10-14-21-42-33-24-30(34(43-22-15-11-8-2)36(41-6)35(33)40-5)37(26-38,27(4)9-3)20-16-17-28(39)23-29-25-44-31-18-12-13-19-32(31)45-29/h12-13,18-19,24,27-29H,7-11,14-17,20-23,25,39H2,1-6H3. The largest absolute Gasteiger partial charge is 0.490 e. The van der Waals surface area contributed by atoms with E-state index >= 15 is 0 Å². The fraction of sp³-hybridized carbons (Fsp3) is 0.649. The van der Waals surface area contributed by atoms with Gasteiger partial charge < -0.3 is 34.2 Å². The Hall–Kier alpha value is -3.31. The highest BCUT2D eigenvalue weighted by molar-refractivity contribution is 5.65. The van der Waals surface area contributed by atoms with Crippen LogP contribution in [0.4, 0.5) is 0 Å². The molecule has 1 aliphatic heterocycles. The lowest BCUT2D eigenvalue weighted by Gasteiger charge is -2.36. The first kappa shape index (κ1) is 36.2. The molecule has 0 radical (unpaired) electrons. The van der Waals surface area contributed by atoms with Crippen molar-refractivity contribution in [2.45, 2.75) is 116 Å². The molecule has 2 aromatic carbocycles. The third kappa shape index (κ3) is 9.36. The van der Waals surface area contributed by atoms with Crippen LogP contribution in [0.5, 0.6) is 34.5 Å². The van der Waals surface area contributed by atoms with Crippen LogP contribution in [0.2, 0.25) is 0 Å². The number of nitriles is 1. The van der Waals surface area contributed by atoms with E-state index in [4.69, 9.17) is 34.2 Å². The number of unbranched alkanes of at least 4 members (excludes halogenated alkanes) is 4. The molecule has 2 aromatic rings. The van der Waals surface area contributed by atoms with Crippen molar-refractivity contribution in [3.63, 3.8) is 0 Å². The van der Waals surface area contributed by atoms with Crippen molar-refractivity contribution in [2.75, 3.05) is 34.0 Å². The summed E-state index contributed by atoms with van der Waals surface area (Å²) in [4.78, 5) is 0. The summed E-state index contributed by atoms with van der Waals surface area (Å²) in [6.45, 7) is 10.2. The van der Waals surface area contributed by atoms with Crippen LogP contribution < -0.4 is 34.2 Å². The number of rotatable bonds is 21. The van der Waals surface area contributed by atoms with Gasteiger partial charge in [0.05, 0.1) is 38.9 Å². The summed E-state index contributed by atoms with van der Waals surface area (Å²) in [7, 11) is 3.23. The lowest BCUT2D eigenvalue weighted by molar-refractivity contribution is 0.0788. The molecule has 2 N–H and O–H groups in total. The second-order valence-corrected chi connectivity index (χ2v) is 12.2. The van der Waals surface area contributed by atoms with Crippen LogP contribution in [0.15, 0.2) is 30.3 Å². The molecule has 250 valence electrons. The summed E-state index contributed by atoms with van der Waals surface area (Å²) >= 11 is 0. The van der Waals surface area contributed by atoms with Crippen LogP contribution in [0.25, 0.3) is 0 Å². The molecule has 0 amide bonds. The van der Waals surface area contributed by atoms with Gasteiger partial charge in [-0.3, -0.25) is 0 Å². The molecule has 8 nitrogen and oxygen atoms in total. The second kappa shape index (κ2) is 18.6. The van der Waals surface area contributed by atoms with E-state index in [0.29, 0.717) is 55.7 Å². The molecule has 0 bridgehead atoms. The molecule has 0 saturated carbocycles. The van der Waals surface area contributed by atoms with E-state index in [-0.39, 0.29) is 18.1 Å². The summed E-state index contributed by atoms with van der Waals surface area (Å²) in [5.41, 5.74) is 6.61. The van der Waals surface area contributed by atoms with Gasteiger partial charge in [-0.15, -0.1) is 0 Å². The summed E-state index contributed by atoms with van der Waals surface area (Å²) in [6.07, 6.45) is 9.68. The topological polar surface area (TPSA) is 105 Å². The quantitative estimate of drug-likeness (QED) is 0.138. The minimum atomic E-state index is -0.848. The van der Waals surface area contributed by atoms with Gasteiger partial charge in [-0.1, -0.05) is 71.9 Å². The Morgan fingerprint density at radius 1 is 0.933 bits per heavy atom. The van der Waals surface area contributed by atoms with Crippen molar-refractivity contribution in [1.29, 1.82) is 5.26 Å². The number of hydrogen-bond donors (Lipinski definition) is 1. The summed E-state index contributed by atoms with van der Waals surface area (Å²) < 4.78 is 36.6. The molecular formula is C37H56N2O6. The molecule has 3 rings (SSSR count). The summed E-state index contributed by atoms with van der Waals surface area (Å²) in [5.74, 6) is 3.69. The number of hydrogen-bond acceptors (Lipinski definition) is 8. The Morgan fingerprint density at radius 2 is 1.60 bits per heavy atom. The van der Waals surface area contributed by atoms with Gasteiger partial charge in [0, 0.05) is 18.0 Å². The van der Waals surface area contributed by atoms with Gasteiger partial charge in [-0.25, -0.2) is 0 Å². The Balaban J connectivity index is 1.90. The first-order valence-electron chi connectivity index (χ1n) is 17.0. The van der Waals surface area contributed by atoms with Gasteiger partial charge in [0.25, 0.3) is 0 Å². The molecule has 0 spiro atoms. The molecule has 4 atom stereocenters. The van der Waals surface area contributed by atoms with Crippen LogP contribution in [0, 0.1) is 17.2 Å². The fourth-order valence-corrected chi connectivity index (χ4v) is 6.12. The average Bonchev–Trinajstić information content (AvgIpc) is 3.06. The molecule has 8 heteroatoms. The van der Waals surface area contributed by atoms with Crippen LogP contribution in [-0.2, 0) is 5.41 Å². The predicted octanol–water partition coefficient (Wildman–Crippen LogP) is 8.38. The SMILES string of the molecule is CCCCCOc1cc(C(C#N)(CCCC(N)CC2COc3ccccc3O2)C(C)CC)c(OCCCCC)c(OC)c1OC. The Morgan fingerprint density at radius 3 is 2.22 bits per heavy atom. The van der Waals surface area contributed by atoms with E-state index in [1.54, 1.807) is 14.2 Å². The number of methoxy groups -OCH3 is 2. The molecule has 1 heterocycles. The highest BCUT2D eigenvalue weighted by Gasteiger charge is 2.42. The van der Waals surface area contributed by atoms with Crippen LogP contribution in [0.3, 0.4) is 0 Å². The van der Waals surface area contributed by atoms with E-state index in [9.17, 15) is 5.26 Å². The third-order valence-corrected chi connectivity index (χ3v) is 8.98. The molecule has 0 aliphatic carbocycles. The summed E-state index contributed by atoms with van der Waals surface area (Å²) in [5, 5.41) is 11.0. The molecular weight excluding hydrogens is 568 g/mol. The highest BCUT2D eigenvalue weighted by atomic mass is 16.6. The monoisotopic (exact) mass is 624 g/mol. The number of nitrogens with two attached hydrogens (primary N) is 1. The zero-order chi connectivity index (χ0) is 32.7. The molecule has 4 unspecified atom stereocenters. The van der Waals surface area contributed by atoms with Gasteiger partial charge in [-0.05, 0) is 56.2 Å². The van der Waals surface area contributed by atoms with E-state index < -0.39 is 5.41 Å². The lowest BCUT2D eigenvalue weighted by atomic mass is 9.67. The molecule has 0 fully saturated rings. The molecule has 0 saturated heterocycles. The maximum atomic E-state index is 11.0. The lowest BCUT2D eigenvalue weighted by Crippen LogP contribution is -2.37. The fourth-order valence-electron chi connectivity index (χ4n) is 6.12. The van der Waals surface area contributed by atoms with Crippen LogP contribution in [0.1, 0.15) is 104 Å². The van der Waals surface area contributed by atoms with Gasteiger partial charge in [0.2, 0.25) is 11.5 Å². The highest BCUT2D eigenvalue weighted by Crippen LogP contribution is 2.53. The van der Waals surface area contributed by atoms with Crippen molar-refractivity contribution >= 4 is 0 Å². The normalized spacial score (nSPS) is 16.6. The van der Waals surface area contributed by atoms with Crippen molar-refractivity contribution in [3.8, 4) is 40.6 Å². The van der Waals surface area contributed by atoms with E-state index in [1.165, 1.54) is 0 Å². The summed E-state index contributed by atoms with van der Waals surface area (Å²) in [6, 6.07) is 12.4. The average molecular weight is 625 g/mol. The number of nitrogens with zero attached hydrogens (tertiary/aromatic N) is 1. The van der Waals surface area contributed by atoms with Crippen molar-refractivity contribution < 1.29 is 28.4 Å². The molecule has 45 heavy (non-hydrogen) atoms. The van der Waals surface area contributed by atoms with E-state index in [2.05, 4.69) is 33.8 Å². The smallest absolute Gasteiger partial charge is 0.207 e. The zero-order valence-electron chi connectivity index (χ0n) is 28.5. The Bertz CT molecular complexity index is 1210. The number of fused-ring (bicyclic) bond motifs is 1. The third-order valence-electron chi connectivity index (χ3n) is 8.98. The van der Waals surface area contributed by atoms with Crippen molar-refractivity contribution in [3.05, 3.63) is 35.9 Å². The van der Waals surface area contributed by atoms with Gasteiger partial charge >= 0.3 is 0 Å². The predicted molar refractivity (Wildman–Crippen MR) is 179 cm³/mol. The maximum absolute atomic E-state index is 11.0. The first-order valence-corrected chi connectivity index (χ1v) is 17.0. The number of ether oxygens (including phenoxy) is 6. The zero-order valence-corrected chi connectivity index (χ0v) is 28.5. The Kier molecular flexibility index (Phi) is 15.0. The second-order valence-electron chi connectivity index (χ2n) is 12.2. The minimum absolute atomic E-state index is 0.0364. The van der Waals surface area contributed by atoms with Crippen LogP contribution >= 0.6 is 0 Å². The van der Waals surface area contributed by atoms with Gasteiger partial charge in [0.1, 0.15) is 12.7 Å². The molecule has 1 aliphatic rings. The first-order chi connectivity index (χ1) is 21.9. The van der Waals surface area contributed by atoms with Gasteiger partial charge in [-0.2, -0.15) is 5.26 Å². The van der Waals surface area contributed by atoms with E-state index in [1.807, 2.05) is 30.3 Å². The number of benzene rings is 2. The van der Waals surface area contributed by atoms with Gasteiger partial charge in [0.15, 0.2) is 23.0 Å². The Labute approximate surface area is 271 Å². The van der Waals surface area contributed by atoms with Crippen LogP contribution in [-0.4, -0.2) is 46.2 Å². The van der Waals surface area contributed by atoms with E-state index in [0.717, 1.165) is 74.8 Å². The van der Waals surface area contributed by atoms with Crippen molar-refractivity contribution in [2.24, 2.45) is 11.7 Å². The minimum Gasteiger partial charge on any atom is -0.490 e. The molecule has 0 aromatic heterocycles. The maximum Gasteiger partial charge on any atom is 0.207 e.